The maximum absolute atomic E-state index is 14.9. The van der Waals surface area contributed by atoms with Gasteiger partial charge in [0.2, 0.25) is 17.9 Å². The minimum Gasteiger partial charge on any atom is -0.494 e. The summed E-state index contributed by atoms with van der Waals surface area (Å²) in [7, 11) is 1.34. The van der Waals surface area contributed by atoms with E-state index >= 15 is 0 Å². The number of carbonyl (C=O) groups is 1. The number of aryl methyl sites for hydroxylation is 1. The fourth-order valence-corrected chi connectivity index (χ4v) is 7.09. The van der Waals surface area contributed by atoms with Gasteiger partial charge in [-0.25, -0.2) is 9.07 Å². The number of ether oxygens (including phenoxy) is 2. The van der Waals surface area contributed by atoms with Crippen LogP contribution in [0.1, 0.15) is 50.0 Å². The van der Waals surface area contributed by atoms with Gasteiger partial charge in [0.05, 0.1) is 18.5 Å². The summed E-state index contributed by atoms with van der Waals surface area (Å²) in [5.41, 5.74) is 7.06. The molecular weight excluding hydrogens is 646 g/mol. The largest absolute Gasteiger partial charge is 0.494 e. The van der Waals surface area contributed by atoms with Crippen molar-refractivity contribution in [2.75, 3.05) is 30.8 Å². The molecule has 0 bridgehead atoms. The number of nitrogens with one attached hydrogen (secondary N) is 1. The number of carboxylic acid groups (broad SMARTS) is 1. The van der Waals surface area contributed by atoms with Gasteiger partial charge in [-0.2, -0.15) is 28.2 Å². The molecule has 0 amide bonds. The van der Waals surface area contributed by atoms with Crippen molar-refractivity contribution in [2.45, 2.75) is 63.9 Å². The van der Waals surface area contributed by atoms with Gasteiger partial charge < -0.3 is 30.5 Å². The molecule has 4 N–H and O–H groups in total. The van der Waals surface area contributed by atoms with Crippen LogP contribution >= 0.6 is 0 Å². The summed E-state index contributed by atoms with van der Waals surface area (Å²) in [6.07, 6.45) is -3.22. The highest BCUT2D eigenvalue weighted by atomic mass is 19.4. The van der Waals surface area contributed by atoms with E-state index in [9.17, 15) is 27.5 Å². The average Bonchev–Trinajstić information content (AvgIpc) is 3.66. The summed E-state index contributed by atoms with van der Waals surface area (Å²) in [5, 5.41) is 17.2. The van der Waals surface area contributed by atoms with Crippen LogP contribution < -0.4 is 25.4 Å². The number of anilines is 2. The van der Waals surface area contributed by atoms with Gasteiger partial charge in [-0.05, 0) is 73.4 Å². The lowest BCUT2D eigenvalue weighted by Gasteiger charge is -2.43. The van der Waals surface area contributed by atoms with E-state index in [2.05, 4.69) is 20.4 Å². The summed E-state index contributed by atoms with van der Waals surface area (Å²) in [4.78, 5) is 21.9. The van der Waals surface area contributed by atoms with Gasteiger partial charge in [-0.1, -0.05) is 25.1 Å². The van der Waals surface area contributed by atoms with Gasteiger partial charge in [0, 0.05) is 37.0 Å². The minimum absolute atomic E-state index is 0.0360. The first-order valence-corrected chi connectivity index (χ1v) is 15.9. The monoisotopic (exact) mass is 683 g/mol. The number of nitrogens with two attached hydrogens (primary N) is 1. The number of hydrogen-bond donors (Lipinski definition) is 3. The van der Waals surface area contributed by atoms with Crippen molar-refractivity contribution in [3.8, 4) is 28.4 Å². The van der Waals surface area contributed by atoms with E-state index in [1.165, 1.54) is 54.4 Å². The summed E-state index contributed by atoms with van der Waals surface area (Å²) in [5.74, 6) is -1.77. The number of nitrogen functional groups attached to an aromatic ring is 1. The number of methoxy groups -OCH3 is 1. The van der Waals surface area contributed by atoms with Gasteiger partial charge in [0.15, 0.2) is 11.6 Å². The first-order chi connectivity index (χ1) is 23.3. The third-order valence-electron chi connectivity index (χ3n) is 9.55. The fourth-order valence-electron chi connectivity index (χ4n) is 7.09. The number of carboxylic acids is 1. The summed E-state index contributed by atoms with van der Waals surface area (Å²) >= 11 is 0. The van der Waals surface area contributed by atoms with E-state index in [-0.39, 0.29) is 40.3 Å². The van der Waals surface area contributed by atoms with Crippen molar-refractivity contribution in [1.29, 1.82) is 0 Å². The van der Waals surface area contributed by atoms with Crippen LogP contribution in [0, 0.1) is 18.2 Å². The number of aromatic nitrogens is 4. The van der Waals surface area contributed by atoms with Gasteiger partial charge in [-0.15, -0.1) is 0 Å². The summed E-state index contributed by atoms with van der Waals surface area (Å²) in [6.45, 7) is 4.73. The highest BCUT2D eigenvalue weighted by Gasteiger charge is 2.50. The zero-order valence-electron chi connectivity index (χ0n) is 27.2. The van der Waals surface area contributed by atoms with Gasteiger partial charge >= 0.3 is 12.1 Å². The molecule has 11 nitrogen and oxygen atoms in total. The molecule has 2 aromatic heterocycles. The Morgan fingerprint density at radius 3 is 2.45 bits per heavy atom. The predicted octanol–water partition coefficient (Wildman–Crippen LogP) is 5.86. The topological polar surface area (TPSA) is 141 Å². The van der Waals surface area contributed by atoms with Crippen molar-refractivity contribution in [1.82, 2.24) is 25.1 Å². The Morgan fingerprint density at radius 1 is 1.12 bits per heavy atom. The van der Waals surface area contributed by atoms with Gasteiger partial charge in [0.25, 0.3) is 0 Å². The normalized spacial score (nSPS) is 19.6. The van der Waals surface area contributed by atoms with Crippen LogP contribution in [0.4, 0.5) is 29.3 Å². The summed E-state index contributed by atoms with van der Waals surface area (Å²) in [6, 6.07) is 10.9. The van der Waals surface area contributed by atoms with E-state index in [1.54, 1.807) is 19.1 Å². The van der Waals surface area contributed by atoms with Gasteiger partial charge in [0.1, 0.15) is 11.9 Å². The van der Waals surface area contributed by atoms with Crippen LogP contribution in [0.2, 0.25) is 0 Å². The third-order valence-corrected chi connectivity index (χ3v) is 9.55. The van der Waals surface area contributed by atoms with E-state index in [1.807, 2.05) is 11.8 Å². The molecule has 2 aromatic carbocycles. The van der Waals surface area contributed by atoms with Crippen molar-refractivity contribution in [3.63, 3.8) is 0 Å². The minimum atomic E-state index is -4.90. The zero-order valence-corrected chi connectivity index (χ0v) is 27.2. The number of hydrogen-bond acceptors (Lipinski definition) is 9. The molecule has 15 heteroatoms. The average molecular weight is 684 g/mol. The third kappa shape index (κ3) is 6.84. The molecule has 3 atom stereocenters. The summed E-state index contributed by atoms with van der Waals surface area (Å²) < 4.78 is 71.2. The highest BCUT2D eigenvalue weighted by molar-refractivity contribution is 5.74. The molecule has 2 aliphatic heterocycles. The number of rotatable bonds is 9. The Balaban J connectivity index is 1.31. The molecule has 2 saturated heterocycles. The number of aliphatic carboxylic acids is 1. The molecule has 0 saturated carbocycles. The van der Waals surface area contributed by atoms with Crippen LogP contribution in [-0.4, -0.2) is 69.3 Å². The van der Waals surface area contributed by atoms with Crippen molar-refractivity contribution >= 4 is 17.7 Å². The van der Waals surface area contributed by atoms with Crippen LogP contribution in [0.5, 0.6) is 11.6 Å². The van der Waals surface area contributed by atoms with Gasteiger partial charge in [-0.3, -0.25) is 4.79 Å². The van der Waals surface area contributed by atoms with Crippen molar-refractivity contribution < 1.29 is 36.9 Å². The van der Waals surface area contributed by atoms with Crippen LogP contribution in [0.3, 0.4) is 0 Å². The second-order valence-corrected chi connectivity index (χ2v) is 12.6. The molecule has 2 fully saturated rings. The number of benzene rings is 2. The molecule has 0 radical (unpaired) electrons. The van der Waals surface area contributed by atoms with Crippen LogP contribution in [0.15, 0.2) is 54.7 Å². The van der Waals surface area contributed by atoms with Crippen molar-refractivity contribution in [3.05, 3.63) is 71.8 Å². The maximum atomic E-state index is 14.9. The van der Waals surface area contributed by atoms with E-state index < -0.39 is 30.1 Å². The quantitative estimate of drug-likeness (QED) is 0.184. The number of piperidine rings is 1. The first-order valence-electron chi connectivity index (χ1n) is 15.9. The van der Waals surface area contributed by atoms with E-state index in [4.69, 9.17) is 15.2 Å². The SMILES string of the molecule is CCC1NC(C(=O)O)CC12CCN(c1cc(O[C@H](c3ccc(-c4ccc(OC)c(F)c4)cc3-n3ccc(C)n3)C(F)(F)F)nc(N)n1)CC2. The molecule has 1 spiro atoms. The Morgan fingerprint density at radius 2 is 1.84 bits per heavy atom. The lowest BCUT2D eigenvalue weighted by atomic mass is 9.71. The van der Waals surface area contributed by atoms with E-state index in [0.717, 1.165) is 6.42 Å². The molecule has 2 unspecified atom stereocenters. The Hall–Kier alpha value is -4.92. The molecular formula is C34H37F4N7O4. The highest BCUT2D eigenvalue weighted by Crippen LogP contribution is 2.46. The second kappa shape index (κ2) is 13.2. The first kappa shape index (κ1) is 34.0. The molecule has 260 valence electrons. The Bertz CT molecular complexity index is 1840. The lowest BCUT2D eigenvalue weighted by Crippen LogP contribution is -2.46. The number of alkyl halides is 3. The standard InChI is InChI=1S/C34H37F4N7O4/c1-4-27-33(18-24(40-27)31(46)47)10-13-44(14-11-33)28-17-29(42-32(39)41-28)49-30(34(36,37)38)22-7-5-21(16-25(22)45-12-9-19(2)43-45)20-6-8-26(48-3)23(35)15-20/h5-9,12,15-17,24,27,30,40H,4,10-11,13-14,18H2,1-3H3,(H,46,47)(H2,39,41,42)/t24?,27?,30-/m1/s1. The Kier molecular flexibility index (Phi) is 9.13. The van der Waals surface area contributed by atoms with Crippen LogP contribution in [-0.2, 0) is 4.79 Å². The molecule has 2 aliphatic rings. The van der Waals surface area contributed by atoms with Crippen molar-refractivity contribution in [2.24, 2.45) is 5.41 Å². The maximum Gasteiger partial charge on any atom is 0.429 e. The molecule has 49 heavy (non-hydrogen) atoms. The van der Waals surface area contributed by atoms with Crippen LogP contribution in [0.25, 0.3) is 16.8 Å². The molecule has 4 heterocycles. The zero-order chi connectivity index (χ0) is 35.1. The smallest absolute Gasteiger partial charge is 0.429 e. The molecule has 6 rings (SSSR count). The number of nitrogens with zero attached hydrogens (tertiary/aromatic N) is 5. The number of halogens is 4. The van der Waals surface area contributed by atoms with E-state index in [0.29, 0.717) is 55.0 Å². The molecule has 0 aliphatic carbocycles. The molecule has 4 aromatic rings. The fraction of sp³-hybridized carbons (Fsp3) is 0.412. The lowest BCUT2D eigenvalue weighted by molar-refractivity contribution is -0.198. The second-order valence-electron chi connectivity index (χ2n) is 12.6. The Labute approximate surface area is 280 Å². The predicted molar refractivity (Wildman–Crippen MR) is 173 cm³/mol.